The minimum Gasteiger partial charge on any atom is -0.465 e. The van der Waals surface area contributed by atoms with Crippen LogP contribution in [0.4, 0.5) is 9.59 Å². The van der Waals surface area contributed by atoms with Crippen LogP contribution in [-0.2, 0) is 19.0 Å². The van der Waals surface area contributed by atoms with Gasteiger partial charge in [-0.05, 0) is 54.9 Å². The van der Waals surface area contributed by atoms with Crippen molar-refractivity contribution in [3.8, 4) is 6.07 Å². The number of nitrogens with one attached hydrogen (secondary N) is 1. The van der Waals surface area contributed by atoms with Crippen LogP contribution < -0.4 is 5.32 Å². The summed E-state index contributed by atoms with van der Waals surface area (Å²) < 4.78 is 15.6. The van der Waals surface area contributed by atoms with E-state index in [2.05, 4.69) is 11.4 Å². The molecule has 164 valence electrons. The van der Waals surface area contributed by atoms with Gasteiger partial charge in [0.25, 0.3) is 0 Å². The van der Waals surface area contributed by atoms with Crippen LogP contribution >= 0.6 is 0 Å². The third-order valence-corrected chi connectivity index (χ3v) is 4.26. The van der Waals surface area contributed by atoms with Crippen molar-refractivity contribution >= 4 is 18.2 Å². The van der Waals surface area contributed by atoms with Gasteiger partial charge in [-0.15, -0.1) is 0 Å². The largest absolute Gasteiger partial charge is 0.465 e. The lowest BCUT2D eigenvalue weighted by Crippen LogP contribution is -2.60. The van der Waals surface area contributed by atoms with Crippen LogP contribution in [0.15, 0.2) is 0 Å². The molecule has 1 heterocycles. The number of ether oxygens (including phenoxy) is 3. The zero-order chi connectivity index (χ0) is 22.5. The Balaban J connectivity index is 2.80. The first-order valence-electron chi connectivity index (χ1n) is 9.77. The van der Waals surface area contributed by atoms with Gasteiger partial charge in [0.05, 0.1) is 12.7 Å². The number of hydrogen-bond acceptors (Lipinski definition) is 7. The number of alkyl carbamates (subject to hydrolysis) is 1. The van der Waals surface area contributed by atoms with Gasteiger partial charge < -0.3 is 24.4 Å². The molecule has 1 fully saturated rings. The molecular formula is C20H33N3O6. The van der Waals surface area contributed by atoms with Crippen LogP contribution in [0.2, 0.25) is 0 Å². The van der Waals surface area contributed by atoms with E-state index in [9.17, 15) is 19.6 Å². The highest BCUT2D eigenvalue weighted by Crippen LogP contribution is 2.39. The summed E-state index contributed by atoms with van der Waals surface area (Å²) in [5.74, 6) is -1.07. The van der Waals surface area contributed by atoms with Gasteiger partial charge in [-0.2, -0.15) is 5.26 Å². The highest BCUT2D eigenvalue weighted by atomic mass is 16.6. The van der Waals surface area contributed by atoms with Crippen LogP contribution in [0.5, 0.6) is 0 Å². The number of esters is 1. The van der Waals surface area contributed by atoms with Crippen LogP contribution in [0.25, 0.3) is 0 Å². The minimum absolute atomic E-state index is 0.0500. The number of carbonyl (C=O) groups is 3. The van der Waals surface area contributed by atoms with Gasteiger partial charge in [0.15, 0.2) is 5.41 Å². The maximum absolute atomic E-state index is 12.6. The topological polar surface area (TPSA) is 118 Å². The van der Waals surface area contributed by atoms with E-state index in [-0.39, 0.29) is 32.7 Å². The highest BCUT2D eigenvalue weighted by molar-refractivity contribution is 5.81. The van der Waals surface area contributed by atoms with E-state index < -0.39 is 40.7 Å². The number of amides is 2. The van der Waals surface area contributed by atoms with Gasteiger partial charge in [-0.3, -0.25) is 4.79 Å². The average Bonchev–Trinajstić information content (AvgIpc) is 2.48. The second kappa shape index (κ2) is 9.33. The van der Waals surface area contributed by atoms with Gasteiger partial charge in [0.1, 0.15) is 11.2 Å². The fourth-order valence-corrected chi connectivity index (χ4v) is 2.87. The number of likely N-dealkylation sites (tertiary alicyclic amines) is 1. The van der Waals surface area contributed by atoms with Crippen molar-refractivity contribution in [1.82, 2.24) is 10.2 Å². The molecule has 9 heteroatoms. The zero-order valence-corrected chi connectivity index (χ0v) is 18.5. The molecule has 0 aromatic rings. The normalized spacial score (nSPS) is 16.7. The van der Waals surface area contributed by atoms with Crippen molar-refractivity contribution in [3.63, 3.8) is 0 Å². The molecule has 1 aliphatic heterocycles. The second-order valence-corrected chi connectivity index (χ2v) is 9.06. The standard InChI is InChI=1S/C20H33N3O6/c1-8-27-15(24)20(13-21,9-10-22-16(25)28-18(2,3)4)14-11-23(12-14)17(26)29-19(5,6)7/h14H,8-12H2,1-7H3,(H,22,25). The maximum atomic E-state index is 12.6. The van der Waals surface area contributed by atoms with Crippen molar-refractivity contribution in [1.29, 1.82) is 5.26 Å². The summed E-state index contributed by atoms with van der Waals surface area (Å²) in [6, 6.07) is 2.09. The number of carbonyl (C=O) groups excluding carboxylic acids is 3. The predicted octanol–water partition coefficient (Wildman–Crippen LogP) is 2.84. The van der Waals surface area contributed by atoms with Crippen LogP contribution in [0.1, 0.15) is 54.9 Å². The maximum Gasteiger partial charge on any atom is 0.410 e. The summed E-state index contributed by atoms with van der Waals surface area (Å²) in [4.78, 5) is 38.1. The minimum atomic E-state index is -1.47. The third-order valence-electron chi connectivity index (χ3n) is 4.26. The molecular weight excluding hydrogens is 378 g/mol. The first-order valence-corrected chi connectivity index (χ1v) is 9.77. The summed E-state index contributed by atoms with van der Waals surface area (Å²) in [6.45, 7) is 12.8. The molecule has 1 N–H and O–H groups in total. The molecule has 0 spiro atoms. The van der Waals surface area contributed by atoms with E-state index in [0.717, 1.165) is 0 Å². The molecule has 1 saturated heterocycles. The molecule has 0 aromatic heterocycles. The summed E-state index contributed by atoms with van der Waals surface area (Å²) in [7, 11) is 0. The molecule has 1 unspecified atom stereocenters. The van der Waals surface area contributed by atoms with E-state index >= 15 is 0 Å². The van der Waals surface area contributed by atoms with Crippen molar-refractivity contribution in [3.05, 3.63) is 0 Å². The summed E-state index contributed by atoms with van der Waals surface area (Å²) in [5, 5.41) is 12.4. The fraction of sp³-hybridized carbons (Fsp3) is 0.800. The Hall–Kier alpha value is -2.50. The van der Waals surface area contributed by atoms with Crippen LogP contribution in [0.3, 0.4) is 0 Å². The number of nitrogens with zero attached hydrogens (tertiary/aromatic N) is 2. The lowest BCUT2D eigenvalue weighted by Gasteiger charge is -2.45. The molecule has 1 aliphatic rings. The SMILES string of the molecule is CCOC(=O)C(C#N)(CCNC(=O)OC(C)(C)C)C1CN(C(=O)OC(C)(C)C)C1. The Morgan fingerprint density at radius 3 is 2.07 bits per heavy atom. The molecule has 0 aliphatic carbocycles. The van der Waals surface area contributed by atoms with Crippen molar-refractivity contribution in [2.75, 3.05) is 26.2 Å². The highest BCUT2D eigenvalue weighted by Gasteiger charge is 2.53. The summed E-state index contributed by atoms with van der Waals surface area (Å²) in [6.07, 6.45) is -1.07. The van der Waals surface area contributed by atoms with Crippen molar-refractivity contribution in [2.24, 2.45) is 11.3 Å². The van der Waals surface area contributed by atoms with Gasteiger partial charge in [-0.1, -0.05) is 0 Å². The molecule has 0 saturated carbocycles. The van der Waals surface area contributed by atoms with Gasteiger partial charge in [0.2, 0.25) is 0 Å². The van der Waals surface area contributed by atoms with Gasteiger partial charge in [0, 0.05) is 25.6 Å². The summed E-state index contributed by atoms with van der Waals surface area (Å²) >= 11 is 0. The van der Waals surface area contributed by atoms with Gasteiger partial charge in [-0.25, -0.2) is 9.59 Å². The third kappa shape index (κ3) is 7.11. The first-order chi connectivity index (χ1) is 13.2. The molecule has 1 atom stereocenters. The number of hydrogen-bond donors (Lipinski definition) is 1. The molecule has 29 heavy (non-hydrogen) atoms. The number of rotatable bonds is 6. The van der Waals surface area contributed by atoms with E-state index in [4.69, 9.17) is 14.2 Å². The molecule has 0 bridgehead atoms. The smallest absolute Gasteiger partial charge is 0.410 e. The van der Waals surface area contributed by atoms with E-state index in [1.807, 2.05) is 0 Å². The van der Waals surface area contributed by atoms with Crippen molar-refractivity contribution in [2.45, 2.75) is 66.1 Å². The lowest BCUT2D eigenvalue weighted by molar-refractivity contribution is -0.159. The summed E-state index contributed by atoms with van der Waals surface area (Å²) in [5.41, 5.74) is -2.75. The zero-order valence-electron chi connectivity index (χ0n) is 18.5. The van der Waals surface area contributed by atoms with E-state index in [0.29, 0.717) is 0 Å². The first kappa shape index (κ1) is 24.5. The Kier molecular flexibility index (Phi) is 7.90. The average molecular weight is 411 g/mol. The molecule has 9 nitrogen and oxygen atoms in total. The second-order valence-electron chi connectivity index (χ2n) is 9.06. The molecule has 2 amide bonds. The van der Waals surface area contributed by atoms with E-state index in [1.165, 1.54) is 4.90 Å². The fourth-order valence-electron chi connectivity index (χ4n) is 2.87. The Morgan fingerprint density at radius 2 is 1.62 bits per heavy atom. The van der Waals surface area contributed by atoms with Gasteiger partial charge >= 0.3 is 18.2 Å². The van der Waals surface area contributed by atoms with Crippen molar-refractivity contribution < 1.29 is 28.6 Å². The predicted molar refractivity (Wildman–Crippen MR) is 105 cm³/mol. The van der Waals surface area contributed by atoms with E-state index in [1.54, 1.807) is 48.5 Å². The van der Waals surface area contributed by atoms with Crippen LogP contribution in [0, 0.1) is 22.7 Å². The number of nitriles is 1. The van der Waals surface area contributed by atoms with Crippen LogP contribution in [-0.4, -0.2) is 60.5 Å². The Bertz CT molecular complexity index is 653. The Labute approximate surface area is 172 Å². The molecule has 0 radical (unpaired) electrons. The monoisotopic (exact) mass is 411 g/mol. The molecule has 1 rings (SSSR count). The quantitative estimate of drug-likeness (QED) is 0.527. The Morgan fingerprint density at radius 1 is 1.07 bits per heavy atom. The lowest BCUT2D eigenvalue weighted by atomic mass is 9.70. The molecule has 0 aromatic carbocycles.